The average Bonchev–Trinajstić information content (AvgIpc) is 3.44. The van der Waals surface area contributed by atoms with Crippen molar-refractivity contribution in [2.45, 2.75) is 6.42 Å². The SMILES string of the molecule is N#CC(=Cc1cccn1-c1cccc([N+](=O)[O-])c1)C(=O)NCCc1c[nH]c2ccccc12. The third kappa shape index (κ3) is 4.27. The van der Waals surface area contributed by atoms with Gasteiger partial charge in [0.25, 0.3) is 11.6 Å². The first-order valence-electron chi connectivity index (χ1n) is 9.94. The molecule has 2 N–H and O–H groups in total. The summed E-state index contributed by atoms with van der Waals surface area (Å²) in [6.07, 6.45) is 5.73. The molecule has 8 nitrogen and oxygen atoms in total. The lowest BCUT2D eigenvalue weighted by atomic mass is 10.1. The Morgan fingerprint density at radius 1 is 1.19 bits per heavy atom. The van der Waals surface area contributed by atoms with Crippen molar-refractivity contribution in [2.75, 3.05) is 6.54 Å². The first-order chi connectivity index (χ1) is 15.6. The van der Waals surface area contributed by atoms with Crippen molar-refractivity contribution in [1.82, 2.24) is 14.9 Å². The fourth-order valence-corrected chi connectivity index (χ4v) is 3.54. The molecular weight excluding hydrogens is 406 g/mol. The summed E-state index contributed by atoms with van der Waals surface area (Å²) in [5.41, 5.74) is 3.16. The summed E-state index contributed by atoms with van der Waals surface area (Å²) in [5, 5.41) is 24.5. The summed E-state index contributed by atoms with van der Waals surface area (Å²) in [5.74, 6) is -0.473. The second-order valence-corrected chi connectivity index (χ2v) is 7.12. The van der Waals surface area contributed by atoms with E-state index in [0.717, 1.165) is 16.5 Å². The number of nitrogens with one attached hydrogen (secondary N) is 2. The molecule has 0 aliphatic heterocycles. The number of nitro groups is 1. The number of hydrogen-bond donors (Lipinski definition) is 2. The number of non-ortho nitro benzene ring substituents is 1. The minimum absolute atomic E-state index is 0.0401. The summed E-state index contributed by atoms with van der Waals surface area (Å²) < 4.78 is 1.68. The zero-order chi connectivity index (χ0) is 22.5. The third-order valence-electron chi connectivity index (χ3n) is 5.11. The number of amides is 1. The molecule has 2 heterocycles. The number of H-pyrrole nitrogens is 1. The van der Waals surface area contributed by atoms with E-state index < -0.39 is 10.8 Å². The normalized spacial score (nSPS) is 11.3. The minimum Gasteiger partial charge on any atom is -0.361 e. The molecule has 2 aromatic carbocycles. The van der Waals surface area contributed by atoms with Crippen LogP contribution in [-0.2, 0) is 11.2 Å². The Kier molecular flexibility index (Phi) is 5.81. The van der Waals surface area contributed by atoms with Gasteiger partial charge in [-0.15, -0.1) is 0 Å². The quantitative estimate of drug-likeness (QED) is 0.200. The summed E-state index contributed by atoms with van der Waals surface area (Å²) >= 11 is 0. The molecule has 0 bridgehead atoms. The Balaban J connectivity index is 1.48. The topological polar surface area (TPSA) is 117 Å². The molecule has 4 rings (SSSR count). The smallest absolute Gasteiger partial charge is 0.271 e. The second kappa shape index (κ2) is 9.02. The molecule has 1 amide bonds. The van der Waals surface area contributed by atoms with Crippen LogP contribution in [0.5, 0.6) is 0 Å². The number of fused-ring (bicyclic) bond motifs is 1. The van der Waals surface area contributed by atoms with Gasteiger partial charge in [0.2, 0.25) is 0 Å². The summed E-state index contributed by atoms with van der Waals surface area (Å²) in [4.78, 5) is 26.4. The van der Waals surface area contributed by atoms with Crippen molar-refractivity contribution < 1.29 is 9.72 Å². The van der Waals surface area contributed by atoms with Crippen LogP contribution in [0.15, 0.2) is 78.6 Å². The first-order valence-corrected chi connectivity index (χ1v) is 9.94. The zero-order valence-corrected chi connectivity index (χ0v) is 17.0. The molecule has 4 aromatic rings. The Labute approximate surface area is 183 Å². The fraction of sp³-hybridized carbons (Fsp3) is 0.0833. The molecular formula is C24H19N5O3. The second-order valence-electron chi connectivity index (χ2n) is 7.12. The number of benzene rings is 2. The van der Waals surface area contributed by atoms with E-state index in [4.69, 9.17) is 0 Å². The third-order valence-corrected chi connectivity index (χ3v) is 5.11. The van der Waals surface area contributed by atoms with Crippen molar-refractivity contribution in [1.29, 1.82) is 5.26 Å². The van der Waals surface area contributed by atoms with E-state index in [1.54, 1.807) is 35.0 Å². The van der Waals surface area contributed by atoms with Crippen molar-refractivity contribution >= 4 is 28.6 Å². The summed E-state index contributed by atoms with van der Waals surface area (Å²) in [7, 11) is 0. The average molecular weight is 425 g/mol. The molecule has 0 saturated carbocycles. The van der Waals surface area contributed by atoms with E-state index in [-0.39, 0.29) is 11.3 Å². The molecule has 32 heavy (non-hydrogen) atoms. The van der Waals surface area contributed by atoms with Gasteiger partial charge < -0.3 is 14.9 Å². The molecule has 0 saturated heterocycles. The predicted molar refractivity (Wildman–Crippen MR) is 121 cm³/mol. The highest BCUT2D eigenvalue weighted by Crippen LogP contribution is 2.21. The van der Waals surface area contributed by atoms with Gasteiger partial charge in [0.1, 0.15) is 11.6 Å². The molecule has 0 unspecified atom stereocenters. The van der Waals surface area contributed by atoms with Crippen molar-refractivity contribution in [2.24, 2.45) is 0 Å². The van der Waals surface area contributed by atoms with Gasteiger partial charge in [0.05, 0.1) is 10.6 Å². The van der Waals surface area contributed by atoms with E-state index in [0.29, 0.717) is 24.3 Å². The molecule has 0 spiro atoms. The van der Waals surface area contributed by atoms with E-state index >= 15 is 0 Å². The maximum atomic E-state index is 12.6. The number of hydrogen-bond acceptors (Lipinski definition) is 4. The maximum absolute atomic E-state index is 12.6. The highest BCUT2D eigenvalue weighted by Gasteiger charge is 2.13. The van der Waals surface area contributed by atoms with Crippen LogP contribution in [0.4, 0.5) is 5.69 Å². The lowest BCUT2D eigenvalue weighted by Crippen LogP contribution is -2.26. The van der Waals surface area contributed by atoms with Crippen LogP contribution >= 0.6 is 0 Å². The molecule has 8 heteroatoms. The van der Waals surface area contributed by atoms with Crippen LogP contribution in [0, 0.1) is 21.4 Å². The van der Waals surface area contributed by atoms with E-state index in [1.165, 1.54) is 18.2 Å². The fourth-order valence-electron chi connectivity index (χ4n) is 3.54. The molecule has 0 aliphatic carbocycles. The summed E-state index contributed by atoms with van der Waals surface area (Å²) in [6.45, 7) is 0.381. The monoisotopic (exact) mass is 425 g/mol. The molecule has 158 valence electrons. The van der Waals surface area contributed by atoms with Crippen molar-refractivity contribution in [3.8, 4) is 11.8 Å². The molecule has 0 fully saturated rings. The van der Waals surface area contributed by atoms with Gasteiger partial charge in [-0.25, -0.2) is 0 Å². The van der Waals surface area contributed by atoms with Gasteiger partial charge in [0.15, 0.2) is 0 Å². The van der Waals surface area contributed by atoms with E-state index in [9.17, 15) is 20.2 Å². The van der Waals surface area contributed by atoms with Crippen LogP contribution in [0.2, 0.25) is 0 Å². The first kappa shape index (κ1) is 20.6. The molecule has 2 aromatic heterocycles. The van der Waals surface area contributed by atoms with Gasteiger partial charge in [-0.1, -0.05) is 24.3 Å². The minimum atomic E-state index is -0.473. The van der Waals surface area contributed by atoms with Crippen molar-refractivity contribution in [3.05, 3.63) is 100 Å². The predicted octanol–water partition coefficient (Wildman–Crippen LogP) is 4.13. The Morgan fingerprint density at radius 3 is 2.84 bits per heavy atom. The Hall–Kier alpha value is -4.64. The number of para-hydroxylation sites is 1. The maximum Gasteiger partial charge on any atom is 0.271 e. The van der Waals surface area contributed by atoms with E-state index in [2.05, 4.69) is 10.3 Å². The lowest BCUT2D eigenvalue weighted by molar-refractivity contribution is -0.384. The van der Waals surface area contributed by atoms with Gasteiger partial charge in [0, 0.05) is 47.7 Å². The highest BCUT2D eigenvalue weighted by molar-refractivity contribution is 6.01. The van der Waals surface area contributed by atoms with Crippen LogP contribution in [-0.4, -0.2) is 26.9 Å². The van der Waals surface area contributed by atoms with Crippen LogP contribution in [0.25, 0.3) is 22.7 Å². The number of nitro benzene ring substituents is 1. The number of carbonyl (C=O) groups is 1. The van der Waals surface area contributed by atoms with E-state index in [1.807, 2.05) is 36.5 Å². The Morgan fingerprint density at radius 2 is 2.03 bits per heavy atom. The number of aromatic amines is 1. The molecule has 0 aliphatic rings. The van der Waals surface area contributed by atoms with Gasteiger partial charge in [-0.3, -0.25) is 14.9 Å². The number of carbonyl (C=O) groups excluding carboxylic acids is 1. The van der Waals surface area contributed by atoms with Crippen LogP contribution in [0.1, 0.15) is 11.3 Å². The summed E-state index contributed by atoms with van der Waals surface area (Å²) in [6, 6.07) is 19.5. The molecule has 0 radical (unpaired) electrons. The number of nitrogens with zero attached hydrogens (tertiary/aromatic N) is 3. The lowest BCUT2D eigenvalue weighted by Gasteiger charge is -2.08. The number of rotatable bonds is 7. The van der Waals surface area contributed by atoms with Crippen LogP contribution < -0.4 is 5.32 Å². The van der Waals surface area contributed by atoms with Crippen LogP contribution in [0.3, 0.4) is 0 Å². The molecule has 0 atom stereocenters. The highest BCUT2D eigenvalue weighted by atomic mass is 16.6. The number of nitriles is 1. The largest absolute Gasteiger partial charge is 0.361 e. The Bertz CT molecular complexity index is 1370. The van der Waals surface area contributed by atoms with Gasteiger partial charge in [-0.2, -0.15) is 5.26 Å². The number of aromatic nitrogens is 2. The standard InChI is InChI=1S/C24H19N5O3/c25-15-18(24(30)26-11-10-17-16-27-23-9-2-1-8-22(17)23)13-19-7-4-12-28(19)20-5-3-6-21(14-20)29(31)32/h1-9,12-14,16,27H,10-11H2,(H,26,30). The zero-order valence-electron chi connectivity index (χ0n) is 17.0. The van der Waals surface area contributed by atoms with Crippen molar-refractivity contribution in [3.63, 3.8) is 0 Å². The van der Waals surface area contributed by atoms with Gasteiger partial charge >= 0.3 is 0 Å². The van der Waals surface area contributed by atoms with Gasteiger partial charge in [-0.05, 0) is 42.3 Å².